The molecule has 1 heterocycles. The Hall–Kier alpha value is -0.610. The van der Waals surface area contributed by atoms with E-state index in [1.807, 2.05) is 0 Å². The topological polar surface area (TPSA) is 69.6 Å². The van der Waals surface area contributed by atoms with Crippen LogP contribution >= 0.6 is 0 Å². The van der Waals surface area contributed by atoms with Crippen LogP contribution in [0.3, 0.4) is 0 Å². The molecule has 0 aromatic carbocycles. The fraction of sp³-hybridized carbons (Fsp3) is 0.909. The summed E-state index contributed by atoms with van der Waals surface area (Å²) >= 11 is 0. The van der Waals surface area contributed by atoms with Gasteiger partial charge >= 0.3 is 5.97 Å². The molecule has 2 rings (SSSR count). The summed E-state index contributed by atoms with van der Waals surface area (Å²) in [6.07, 6.45) is 2.93. The summed E-state index contributed by atoms with van der Waals surface area (Å²) in [7, 11) is 0. The lowest BCUT2D eigenvalue weighted by molar-refractivity contribution is -0.163. The number of carboxylic acid groups (broad SMARTS) is 1. The second-order valence-corrected chi connectivity index (χ2v) is 5.18. The van der Waals surface area contributed by atoms with E-state index in [1.54, 1.807) is 0 Å². The average Bonchev–Trinajstić information content (AvgIpc) is 2.12. The molecule has 0 radical (unpaired) electrons. The van der Waals surface area contributed by atoms with Crippen LogP contribution in [0.15, 0.2) is 0 Å². The van der Waals surface area contributed by atoms with Gasteiger partial charge in [-0.1, -0.05) is 6.92 Å². The van der Waals surface area contributed by atoms with Gasteiger partial charge in [0.25, 0.3) is 0 Å². The highest BCUT2D eigenvalue weighted by Gasteiger charge is 2.51. The first-order chi connectivity index (χ1) is 7.01. The first kappa shape index (κ1) is 10.9. The lowest BCUT2D eigenvalue weighted by Crippen LogP contribution is -2.61. The average molecular weight is 213 g/mol. The summed E-state index contributed by atoms with van der Waals surface area (Å²) in [6.45, 7) is 3.12. The summed E-state index contributed by atoms with van der Waals surface area (Å²) in [6, 6.07) is 0.0943. The fourth-order valence-corrected chi connectivity index (χ4v) is 2.77. The first-order valence-corrected chi connectivity index (χ1v) is 5.70. The van der Waals surface area contributed by atoms with Gasteiger partial charge in [0.1, 0.15) is 0 Å². The molecule has 4 nitrogen and oxygen atoms in total. The molecule has 0 aromatic rings. The van der Waals surface area contributed by atoms with Gasteiger partial charge in [0.05, 0.1) is 11.5 Å². The van der Waals surface area contributed by atoms with E-state index in [2.05, 4.69) is 12.2 Å². The molecule has 0 spiro atoms. The molecular formula is C11H19NO3. The van der Waals surface area contributed by atoms with Crippen LogP contribution in [0.1, 0.15) is 32.6 Å². The van der Waals surface area contributed by atoms with E-state index in [-0.39, 0.29) is 12.0 Å². The number of rotatable bonds is 2. The van der Waals surface area contributed by atoms with Gasteiger partial charge in [0.15, 0.2) is 0 Å². The zero-order chi connectivity index (χ0) is 11.1. The third kappa shape index (κ3) is 2.01. The number of aliphatic carboxylic acids is 1. The second-order valence-electron chi connectivity index (χ2n) is 5.18. The minimum atomic E-state index is -0.775. The number of hydrogen-bond acceptors (Lipinski definition) is 3. The Morgan fingerprint density at radius 2 is 2.13 bits per heavy atom. The van der Waals surface area contributed by atoms with Crippen LogP contribution in [0.5, 0.6) is 0 Å². The van der Waals surface area contributed by atoms with Crippen LogP contribution in [-0.4, -0.2) is 34.4 Å². The van der Waals surface area contributed by atoms with Crippen LogP contribution in [0, 0.1) is 11.8 Å². The van der Waals surface area contributed by atoms with Crippen molar-refractivity contribution in [3.8, 4) is 0 Å². The first-order valence-electron chi connectivity index (χ1n) is 5.70. The van der Waals surface area contributed by atoms with Crippen molar-refractivity contribution in [1.29, 1.82) is 0 Å². The fourth-order valence-electron chi connectivity index (χ4n) is 2.77. The minimum Gasteiger partial charge on any atom is -0.481 e. The molecule has 2 aliphatic rings. The van der Waals surface area contributed by atoms with Crippen molar-refractivity contribution in [1.82, 2.24) is 5.32 Å². The van der Waals surface area contributed by atoms with Gasteiger partial charge in [-0.2, -0.15) is 0 Å². The van der Waals surface area contributed by atoms with Gasteiger partial charge in [-0.25, -0.2) is 0 Å². The van der Waals surface area contributed by atoms with Gasteiger partial charge in [-0.05, 0) is 38.1 Å². The van der Waals surface area contributed by atoms with Crippen LogP contribution in [0.25, 0.3) is 0 Å². The van der Waals surface area contributed by atoms with Gasteiger partial charge in [-0.3, -0.25) is 4.79 Å². The van der Waals surface area contributed by atoms with Crippen molar-refractivity contribution >= 4 is 5.97 Å². The molecule has 1 aliphatic heterocycles. The molecule has 2 unspecified atom stereocenters. The van der Waals surface area contributed by atoms with Crippen LogP contribution in [0.4, 0.5) is 0 Å². The van der Waals surface area contributed by atoms with Crippen LogP contribution in [0.2, 0.25) is 0 Å². The molecule has 1 aliphatic carbocycles. The van der Waals surface area contributed by atoms with E-state index >= 15 is 0 Å². The number of hydrogen-bond donors (Lipinski definition) is 3. The molecular weight excluding hydrogens is 194 g/mol. The summed E-state index contributed by atoms with van der Waals surface area (Å²) < 4.78 is 0. The lowest BCUT2D eigenvalue weighted by Gasteiger charge is -2.49. The molecule has 1 saturated carbocycles. The van der Waals surface area contributed by atoms with E-state index in [0.29, 0.717) is 18.8 Å². The highest BCUT2D eigenvalue weighted by molar-refractivity contribution is 5.71. The predicted octanol–water partition coefficient (Wildman–Crippen LogP) is 0.600. The highest BCUT2D eigenvalue weighted by atomic mass is 16.4. The molecule has 2 fully saturated rings. The van der Waals surface area contributed by atoms with Crippen molar-refractivity contribution in [2.75, 3.05) is 6.54 Å². The van der Waals surface area contributed by atoms with E-state index in [9.17, 15) is 9.90 Å². The smallest absolute Gasteiger partial charge is 0.306 e. The molecule has 0 amide bonds. The third-order valence-electron chi connectivity index (χ3n) is 3.86. The predicted molar refractivity (Wildman–Crippen MR) is 55.5 cm³/mol. The molecule has 0 bridgehead atoms. The molecule has 15 heavy (non-hydrogen) atoms. The highest BCUT2D eigenvalue weighted by Crippen LogP contribution is 2.42. The van der Waals surface area contributed by atoms with Gasteiger partial charge in [0.2, 0.25) is 0 Å². The van der Waals surface area contributed by atoms with Crippen molar-refractivity contribution in [2.45, 2.75) is 44.2 Å². The van der Waals surface area contributed by atoms with Crippen LogP contribution in [-0.2, 0) is 4.79 Å². The van der Waals surface area contributed by atoms with E-state index < -0.39 is 11.6 Å². The number of carbonyl (C=O) groups is 1. The second kappa shape index (κ2) is 3.76. The summed E-state index contributed by atoms with van der Waals surface area (Å²) in [4.78, 5) is 10.7. The zero-order valence-electron chi connectivity index (χ0n) is 9.07. The van der Waals surface area contributed by atoms with E-state index in [0.717, 1.165) is 19.4 Å². The van der Waals surface area contributed by atoms with Crippen molar-refractivity contribution in [3.05, 3.63) is 0 Å². The quantitative estimate of drug-likeness (QED) is 0.628. The molecule has 3 N–H and O–H groups in total. The Kier molecular flexibility index (Phi) is 2.73. The van der Waals surface area contributed by atoms with Gasteiger partial charge < -0.3 is 15.5 Å². The SMILES string of the molecule is CC1CCNC(C2(O)CC(C(=O)O)C2)C1. The largest absolute Gasteiger partial charge is 0.481 e. The minimum absolute atomic E-state index is 0.0943. The Bertz CT molecular complexity index is 261. The maximum Gasteiger partial charge on any atom is 0.306 e. The van der Waals surface area contributed by atoms with Crippen molar-refractivity contribution < 1.29 is 15.0 Å². The summed E-state index contributed by atoms with van der Waals surface area (Å²) in [5, 5.41) is 22.3. The van der Waals surface area contributed by atoms with Gasteiger partial charge in [0, 0.05) is 6.04 Å². The Labute approximate surface area is 89.7 Å². The monoisotopic (exact) mass is 213 g/mol. The number of piperidine rings is 1. The maximum atomic E-state index is 10.7. The van der Waals surface area contributed by atoms with Crippen LogP contribution < -0.4 is 5.32 Å². The van der Waals surface area contributed by atoms with E-state index in [4.69, 9.17) is 5.11 Å². The standard InChI is InChI=1S/C11H19NO3/c1-7-2-3-12-9(4-7)11(15)5-8(6-11)10(13)14/h7-9,12,15H,2-6H2,1H3,(H,13,14). The molecule has 1 saturated heterocycles. The Morgan fingerprint density at radius 1 is 1.47 bits per heavy atom. The molecule has 0 aromatic heterocycles. The third-order valence-corrected chi connectivity index (χ3v) is 3.86. The lowest BCUT2D eigenvalue weighted by atomic mass is 9.65. The summed E-state index contributed by atoms with van der Waals surface area (Å²) in [5.41, 5.74) is -0.766. The maximum absolute atomic E-state index is 10.7. The number of carboxylic acids is 1. The number of nitrogens with one attached hydrogen (secondary N) is 1. The Balaban J connectivity index is 1.91. The van der Waals surface area contributed by atoms with Crippen molar-refractivity contribution in [3.63, 3.8) is 0 Å². The normalized spacial score (nSPS) is 45.9. The van der Waals surface area contributed by atoms with E-state index in [1.165, 1.54) is 0 Å². The van der Waals surface area contributed by atoms with Gasteiger partial charge in [-0.15, -0.1) is 0 Å². The summed E-state index contributed by atoms with van der Waals surface area (Å²) in [5.74, 6) is -0.485. The van der Waals surface area contributed by atoms with Crippen molar-refractivity contribution in [2.24, 2.45) is 11.8 Å². The number of aliphatic hydroxyl groups is 1. The Morgan fingerprint density at radius 3 is 2.67 bits per heavy atom. The molecule has 2 atom stereocenters. The zero-order valence-corrected chi connectivity index (χ0v) is 9.07. The molecule has 4 heteroatoms. The molecule has 86 valence electrons.